The van der Waals surface area contributed by atoms with Gasteiger partial charge in [-0.2, -0.15) is 0 Å². The Morgan fingerprint density at radius 2 is 1.85 bits per heavy atom. The molecule has 0 radical (unpaired) electrons. The van der Waals surface area contributed by atoms with Crippen LogP contribution >= 0.6 is 0 Å². The van der Waals surface area contributed by atoms with Crippen LogP contribution in [-0.2, 0) is 0 Å². The van der Waals surface area contributed by atoms with Crippen LogP contribution in [0.5, 0.6) is 0 Å². The van der Waals surface area contributed by atoms with Gasteiger partial charge in [0.25, 0.3) is 5.69 Å². The number of nitrogens with zero attached hydrogens (tertiary/aromatic N) is 1. The molecule has 0 spiro atoms. The minimum Gasteiger partial charge on any atom is -1.00 e. The number of non-ortho nitro benzene ring substituents is 1. The van der Waals surface area contributed by atoms with Crippen molar-refractivity contribution in [2.75, 3.05) is 0 Å². The quantitative estimate of drug-likeness (QED) is 0.450. The van der Waals surface area contributed by atoms with Crippen molar-refractivity contribution in [3.8, 4) is 0 Å². The van der Waals surface area contributed by atoms with E-state index < -0.39 is 10.9 Å². The number of hydrogen-bond donors (Lipinski definition) is 1. The molecule has 0 saturated heterocycles. The first-order valence-electron chi connectivity index (χ1n) is 3.09. The van der Waals surface area contributed by atoms with E-state index in [1.807, 2.05) is 0 Å². The third-order valence-corrected chi connectivity index (χ3v) is 1.33. The van der Waals surface area contributed by atoms with E-state index in [9.17, 15) is 14.9 Å². The predicted molar refractivity (Wildman–Crippen MR) is 48.0 cm³/mol. The van der Waals surface area contributed by atoms with Crippen molar-refractivity contribution >= 4 is 49.4 Å². The Morgan fingerprint density at radius 3 is 2.15 bits per heavy atom. The summed E-state index contributed by atoms with van der Waals surface area (Å²) in [6.07, 6.45) is 0. The number of aromatic carboxylic acids is 1. The molecule has 13 heavy (non-hydrogen) atoms. The molecule has 1 rings (SSSR count). The fourth-order valence-corrected chi connectivity index (χ4v) is 0.726. The number of benzene rings is 1. The Bertz CT molecular complexity index is 297. The maximum atomic E-state index is 10.3. The molecule has 1 aromatic carbocycles. The molecule has 0 saturated carbocycles. The second-order valence-corrected chi connectivity index (χ2v) is 2.11. The van der Waals surface area contributed by atoms with Gasteiger partial charge in [-0.15, -0.1) is 0 Å². The first kappa shape index (κ1) is 12.3. The predicted octanol–water partition coefficient (Wildman–Crippen LogP) is 1.14. The average molecular weight is 209 g/mol. The van der Waals surface area contributed by atoms with Crippen LogP contribution in [0.1, 0.15) is 13.2 Å². The number of nitro benzene ring substituents is 1. The topological polar surface area (TPSA) is 80.4 Å². The SMILES string of the molecule is O=C(O)c1ccc([N+](=O)[O-])cc1.[Ca+2].[H-].[H-]. The molecule has 0 heterocycles. The molecule has 1 aromatic rings. The van der Waals surface area contributed by atoms with E-state index >= 15 is 0 Å². The minimum absolute atomic E-state index is 0. The molecule has 0 bridgehead atoms. The summed E-state index contributed by atoms with van der Waals surface area (Å²) in [5, 5.41) is 18.6. The summed E-state index contributed by atoms with van der Waals surface area (Å²) in [6.45, 7) is 0. The van der Waals surface area contributed by atoms with Crippen LogP contribution in [-0.4, -0.2) is 53.7 Å². The molecule has 0 unspecified atom stereocenters. The van der Waals surface area contributed by atoms with Crippen molar-refractivity contribution in [2.45, 2.75) is 0 Å². The standard InChI is InChI=1S/C7H5NO4.Ca.2H/c9-7(10)5-1-3-6(4-2-5)8(11)12;;;/h1-4H,(H,9,10);;;/q;+2;2*-1. The molecule has 0 aliphatic rings. The number of carboxylic acids is 1. The van der Waals surface area contributed by atoms with Crippen LogP contribution in [0.15, 0.2) is 24.3 Å². The zero-order chi connectivity index (χ0) is 9.14. The molecule has 0 aliphatic carbocycles. The zero-order valence-electron chi connectivity index (χ0n) is 8.64. The van der Waals surface area contributed by atoms with E-state index in [2.05, 4.69) is 0 Å². The van der Waals surface area contributed by atoms with Crippen LogP contribution in [0.2, 0.25) is 0 Å². The molecule has 0 amide bonds. The molecular weight excluding hydrogens is 202 g/mol. The van der Waals surface area contributed by atoms with Crippen molar-refractivity contribution in [3.63, 3.8) is 0 Å². The first-order chi connectivity index (χ1) is 5.61. The van der Waals surface area contributed by atoms with Gasteiger partial charge in [0.1, 0.15) is 0 Å². The fraction of sp³-hybridized carbons (Fsp3) is 0. The van der Waals surface area contributed by atoms with Crippen LogP contribution in [0.25, 0.3) is 0 Å². The average Bonchev–Trinajstić information content (AvgIpc) is 2.04. The largest absolute Gasteiger partial charge is 2.00 e. The van der Waals surface area contributed by atoms with E-state index in [0.717, 1.165) is 12.1 Å². The Labute approximate surface area is 106 Å². The summed E-state index contributed by atoms with van der Waals surface area (Å²) in [5.74, 6) is -1.09. The normalized spacial score (nSPS) is 8.62. The van der Waals surface area contributed by atoms with Gasteiger partial charge in [0.15, 0.2) is 0 Å². The monoisotopic (exact) mass is 209 g/mol. The summed E-state index contributed by atoms with van der Waals surface area (Å²) in [5.41, 5.74) is -0.0689. The number of carbonyl (C=O) groups is 1. The molecule has 5 nitrogen and oxygen atoms in total. The first-order valence-corrected chi connectivity index (χ1v) is 3.09. The second-order valence-electron chi connectivity index (χ2n) is 2.11. The van der Waals surface area contributed by atoms with Gasteiger partial charge in [-0.1, -0.05) is 0 Å². The van der Waals surface area contributed by atoms with Gasteiger partial charge in [0, 0.05) is 12.1 Å². The fourth-order valence-electron chi connectivity index (χ4n) is 0.726. The number of nitro groups is 1. The van der Waals surface area contributed by atoms with Gasteiger partial charge in [-0.05, 0) is 12.1 Å². The third-order valence-electron chi connectivity index (χ3n) is 1.33. The Hall–Kier alpha value is -0.650. The summed E-state index contributed by atoms with van der Waals surface area (Å²) < 4.78 is 0. The van der Waals surface area contributed by atoms with Gasteiger partial charge < -0.3 is 7.96 Å². The summed E-state index contributed by atoms with van der Waals surface area (Å²) >= 11 is 0. The van der Waals surface area contributed by atoms with Crippen molar-refractivity contribution in [3.05, 3.63) is 39.9 Å². The van der Waals surface area contributed by atoms with Crippen molar-refractivity contribution in [1.29, 1.82) is 0 Å². The summed E-state index contributed by atoms with van der Waals surface area (Å²) in [6, 6.07) is 4.70. The van der Waals surface area contributed by atoms with Gasteiger partial charge in [-0.3, -0.25) is 10.1 Å². The molecule has 0 fully saturated rings. The molecule has 1 N–H and O–H groups in total. The maximum absolute atomic E-state index is 10.3. The molecule has 6 heteroatoms. The zero-order valence-corrected chi connectivity index (χ0v) is 8.84. The van der Waals surface area contributed by atoms with E-state index in [-0.39, 0.29) is 51.8 Å². The second kappa shape index (κ2) is 5.16. The Kier molecular flexibility index (Phi) is 4.90. The smallest absolute Gasteiger partial charge is 1.00 e. The summed E-state index contributed by atoms with van der Waals surface area (Å²) in [4.78, 5) is 19.9. The van der Waals surface area contributed by atoms with Gasteiger partial charge >= 0.3 is 43.7 Å². The Morgan fingerprint density at radius 1 is 1.38 bits per heavy atom. The summed E-state index contributed by atoms with van der Waals surface area (Å²) in [7, 11) is 0. The molecule has 0 aliphatic heterocycles. The van der Waals surface area contributed by atoms with Gasteiger partial charge in [0.05, 0.1) is 10.5 Å². The molecule has 0 aromatic heterocycles. The van der Waals surface area contributed by atoms with E-state index in [4.69, 9.17) is 5.11 Å². The van der Waals surface area contributed by atoms with Crippen LogP contribution in [0, 0.1) is 10.1 Å². The van der Waals surface area contributed by atoms with Gasteiger partial charge in [0.2, 0.25) is 0 Å². The van der Waals surface area contributed by atoms with E-state index in [0.29, 0.717) is 0 Å². The van der Waals surface area contributed by atoms with Crippen molar-refractivity contribution in [1.82, 2.24) is 0 Å². The Balaban J connectivity index is -0.000000480. The van der Waals surface area contributed by atoms with Crippen molar-refractivity contribution < 1.29 is 17.7 Å². The number of hydrogen-bond acceptors (Lipinski definition) is 3. The van der Waals surface area contributed by atoms with Crippen LogP contribution in [0.3, 0.4) is 0 Å². The molecule has 66 valence electrons. The number of rotatable bonds is 2. The molecular formula is C7H7CaNO4. The maximum Gasteiger partial charge on any atom is 2.00 e. The number of carboxylic acid groups (broad SMARTS) is 1. The van der Waals surface area contributed by atoms with Gasteiger partial charge in [-0.25, -0.2) is 4.79 Å². The van der Waals surface area contributed by atoms with E-state index in [1.54, 1.807) is 0 Å². The minimum atomic E-state index is -1.09. The third kappa shape index (κ3) is 3.30. The van der Waals surface area contributed by atoms with Crippen LogP contribution in [0.4, 0.5) is 5.69 Å². The van der Waals surface area contributed by atoms with Crippen LogP contribution < -0.4 is 0 Å². The molecule has 0 atom stereocenters. The van der Waals surface area contributed by atoms with Crippen molar-refractivity contribution in [2.24, 2.45) is 0 Å². The van der Waals surface area contributed by atoms with E-state index in [1.165, 1.54) is 12.1 Å².